The molecule has 0 radical (unpaired) electrons. The predicted molar refractivity (Wildman–Crippen MR) is 64.5 cm³/mol. The standard InChI is InChI=1S/C13H17FN2O/c1-9-3-4-10(14)7-12(9)13(17)16-6-5-11(8-16)15-2/h3-4,7,11,15H,5-6,8H2,1-2H3. The number of nitrogens with zero attached hydrogens (tertiary/aromatic N) is 1. The molecule has 17 heavy (non-hydrogen) atoms. The Labute approximate surface area is 101 Å². The molecule has 3 nitrogen and oxygen atoms in total. The number of rotatable bonds is 2. The van der Waals surface area contributed by atoms with E-state index in [0.717, 1.165) is 18.5 Å². The summed E-state index contributed by atoms with van der Waals surface area (Å²) in [7, 11) is 1.89. The van der Waals surface area contributed by atoms with Crippen LogP contribution in [0.2, 0.25) is 0 Å². The Bertz CT molecular complexity index is 433. The Balaban J connectivity index is 2.17. The van der Waals surface area contributed by atoms with Gasteiger partial charge in [0.05, 0.1) is 0 Å². The summed E-state index contributed by atoms with van der Waals surface area (Å²) in [4.78, 5) is 14.0. The number of halogens is 1. The number of benzene rings is 1. The van der Waals surface area contributed by atoms with Crippen molar-refractivity contribution in [1.82, 2.24) is 10.2 Å². The lowest BCUT2D eigenvalue weighted by atomic mass is 10.1. The second-order valence-corrected chi connectivity index (χ2v) is 4.48. The van der Waals surface area contributed by atoms with E-state index >= 15 is 0 Å². The molecule has 0 bridgehead atoms. The van der Waals surface area contributed by atoms with Crippen molar-refractivity contribution in [2.24, 2.45) is 0 Å². The van der Waals surface area contributed by atoms with Crippen LogP contribution in [0.1, 0.15) is 22.3 Å². The van der Waals surface area contributed by atoms with Crippen LogP contribution in [0.25, 0.3) is 0 Å². The van der Waals surface area contributed by atoms with Gasteiger partial charge >= 0.3 is 0 Å². The van der Waals surface area contributed by atoms with Gasteiger partial charge in [-0.1, -0.05) is 6.07 Å². The highest BCUT2D eigenvalue weighted by Crippen LogP contribution is 2.17. The number of aryl methyl sites for hydroxylation is 1. The molecule has 92 valence electrons. The Morgan fingerprint density at radius 3 is 2.94 bits per heavy atom. The Morgan fingerprint density at radius 2 is 2.29 bits per heavy atom. The Hall–Kier alpha value is -1.42. The van der Waals surface area contributed by atoms with Crippen LogP contribution < -0.4 is 5.32 Å². The van der Waals surface area contributed by atoms with Crippen LogP contribution in [0.15, 0.2) is 18.2 Å². The van der Waals surface area contributed by atoms with Crippen molar-refractivity contribution >= 4 is 5.91 Å². The lowest BCUT2D eigenvalue weighted by Gasteiger charge is -2.17. The lowest BCUT2D eigenvalue weighted by molar-refractivity contribution is 0.0788. The molecular formula is C13H17FN2O. The van der Waals surface area contributed by atoms with E-state index in [1.54, 1.807) is 11.0 Å². The van der Waals surface area contributed by atoms with Gasteiger partial charge in [-0.2, -0.15) is 0 Å². The van der Waals surface area contributed by atoms with Crippen LogP contribution >= 0.6 is 0 Å². The first-order valence-corrected chi connectivity index (χ1v) is 5.84. The van der Waals surface area contributed by atoms with Gasteiger partial charge in [0, 0.05) is 24.7 Å². The topological polar surface area (TPSA) is 32.3 Å². The molecule has 0 aromatic heterocycles. The van der Waals surface area contributed by atoms with E-state index in [1.165, 1.54) is 12.1 Å². The van der Waals surface area contributed by atoms with Crippen molar-refractivity contribution in [2.75, 3.05) is 20.1 Å². The van der Waals surface area contributed by atoms with Gasteiger partial charge in [0.15, 0.2) is 0 Å². The lowest BCUT2D eigenvalue weighted by Crippen LogP contribution is -2.33. The van der Waals surface area contributed by atoms with Gasteiger partial charge in [-0.15, -0.1) is 0 Å². The minimum Gasteiger partial charge on any atom is -0.337 e. The summed E-state index contributed by atoms with van der Waals surface area (Å²) in [6.07, 6.45) is 0.955. The highest BCUT2D eigenvalue weighted by atomic mass is 19.1. The van der Waals surface area contributed by atoms with Crippen molar-refractivity contribution in [1.29, 1.82) is 0 Å². The molecule has 1 saturated heterocycles. The first-order valence-electron chi connectivity index (χ1n) is 5.84. The summed E-state index contributed by atoms with van der Waals surface area (Å²) in [6.45, 7) is 3.27. The van der Waals surface area contributed by atoms with Crippen LogP contribution in [-0.4, -0.2) is 37.0 Å². The number of carbonyl (C=O) groups is 1. The quantitative estimate of drug-likeness (QED) is 0.845. The molecule has 1 aliphatic heterocycles. The van der Waals surface area contributed by atoms with Crippen LogP contribution in [0, 0.1) is 12.7 Å². The zero-order valence-corrected chi connectivity index (χ0v) is 10.2. The number of carbonyl (C=O) groups excluding carboxylic acids is 1. The molecule has 1 heterocycles. The summed E-state index contributed by atoms with van der Waals surface area (Å²) < 4.78 is 13.2. The van der Waals surface area contributed by atoms with Crippen molar-refractivity contribution in [2.45, 2.75) is 19.4 Å². The Kier molecular flexibility index (Phi) is 3.43. The predicted octanol–water partition coefficient (Wildman–Crippen LogP) is 1.57. The molecule has 1 amide bonds. The van der Waals surface area contributed by atoms with Gasteiger partial charge in [-0.25, -0.2) is 4.39 Å². The van der Waals surface area contributed by atoms with Gasteiger partial charge in [0.2, 0.25) is 0 Å². The molecule has 1 unspecified atom stereocenters. The smallest absolute Gasteiger partial charge is 0.254 e. The minimum atomic E-state index is -0.358. The Morgan fingerprint density at radius 1 is 1.53 bits per heavy atom. The van der Waals surface area contributed by atoms with Crippen LogP contribution in [0.4, 0.5) is 4.39 Å². The maximum absolute atomic E-state index is 13.2. The van der Waals surface area contributed by atoms with Gasteiger partial charge in [0.1, 0.15) is 5.82 Å². The fourth-order valence-electron chi connectivity index (χ4n) is 2.18. The summed E-state index contributed by atoms with van der Waals surface area (Å²) in [5, 5.41) is 3.16. The van der Waals surface area contributed by atoms with E-state index in [4.69, 9.17) is 0 Å². The number of likely N-dealkylation sites (tertiary alicyclic amines) is 1. The molecule has 0 aliphatic carbocycles. The van der Waals surface area contributed by atoms with Crippen LogP contribution in [0.3, 0.4) is 0 Å². The zero-order valence-electron chi connectivity index (χ0n) is 10.2. The average Bonchev–Trinajstić information content (AvgIpc) is 2.80. The normalized spacial score (nSPS) is 19.7. The molecule has 1 atom stereocenters. The second kappa shape index (κ2) is 4.84. The average molecular weight is 236 g/mol. The number of likely N-dealkylation sites (N-methyl/N-ethyl adjacent to an activating group) is 1. The first kappa shape index (κ1) is 12.0. The highest BCUT2D eigenvalue weighted by molar-refractivity contribution is 5.95. The molecular weight excluding hydrogens is 219 g/mol. The molecule has 1 aliphatic rings. The molecule has 0 saturated carbocycles. The maximum atomic E-state index is 13.2. The number of hydrogen-bond donors (Lipinski definition) is 1. The molecule has 1 aromatic rings. The molecule has 1 N–H and O–H groups in total. The van der Waals surface area contributed by atoms with E-state index in [9.17, 15) is 9.18 Å². The van der Waals surface area contributed by atoms with Crippen molar-refractivity contribution in [3.8, 4) is 0 Å². The summed E-state index contributed by atoms with van der Waals surface area (Å²) in [5.41, 5.74) is 1.30. The van der Waals surface area contributed by atoms with Crippen molar-refractivity contribution in [3.05, 3.63) is 35.1 Å². The summed E-state index contributed by atoms with van der Waals surface area (Å²) >= 11 is 0. The number of hydrogen-bond acceptors (Lipinski definition) is 2. The third-order valence-electron chi connectivity index (χ3n) is 3.31. The number of nitrogens with one attached hydrogen (secondary N) is 1. The maximum Gasteiger partial charge on any atom is 0.254 e. The monoisotopic (exact) mass is 236 g/mol. The second-order valence-electron chi connectivity index (χ2n) is 4.48. The van der Waals surface area contributed by atoms with Gasteiger partial charge in [-0.05, 0) is 38.1 Å². The third kappa shape index (κ3) is 2.47. The van der Waals surface area contributed by atoms with Gasteiger partial charge in [-0.3, -0.25) is 4.79 Å². The van der Waals surface area contributed by atoms with E-state index in [0.29, 0.717) is 18.2 Å². The van der Waals surface area contributed by atoms with E-state index < -0.39 is 0 Å². The first-order chi connectivity index (χ1) is 8.11. The minimum absolute atomic E-state index is 0.0697. The highest BCUT2D eigenvalue weighted by Gasteiger charge is 2.26. The SMILES string of the molecule is CNC1CCN(C(=O)c2cc(F)ccc2C)C1. The fraction of sp³-hybridized carbons (Fsp3) is 0.462. The molecule has 2 rings (SSSR count). The molecule has 1 aromatic carbocycles. The molecule has 1 fully saturated rings. The van der Waals surface area contributed by atoms with Crippen molar-refractivity contribution < 1.29 is 9.18 Å². The van der Waals surface area contributed by atoms with Gasteiger partial charge in [0.25, 0.3) is 5.91 Å². The van der Waals surface area contributed by atoms with E-state index in [1.807, 2.05) is 14.0 Å². The van der Waals surface area contributed by atoms with E-state index in [2.05, 4.69) is 5.32 Å². The zero-order chi connectivity index (χ0) is 12.4. The largest absolute Gasteiger partial charge is 0.337 e. The number of amides is 1. The van der Waals surface area contributed by atoms with Crippen LogP contribution in [-0.2, 0) is 0 Å². The third-order valence-corrected chi connectivity index (χ3v) is 3.31. The summed E-state index contributed by atoms with van der Waals surface area (Å²) in [5.74, 6) is -0.428. The fourth-order valence-corrected chi connectivity index (χ4v) is 2.18. The van der Waals surface area contributed by atoms with Crippen LogP contribution in [0.5, 0.6) is 0 Å². The van der Waals surface area contributed by atoms with Gasteiger partial charge < -0.3 is 10.2 Å². The van der Waals surface area contributed by atoms with Crippen molar-refractivity contribution in [3.63, 3.8) is 0 Å². The molecule has 0 spiro atoms. The van der Waals surface area contributed by atoms with E-state index in [-0.39, 0.29) is 11.7 Å². The summed E-state index contributed by atoms with van der Waals surface area (Å²) in [6, 6.07) is 4.71. The molecule has 4 heteroatoms.